The number of nitrogens with zero attached hydrogens (tertiary/aromatic N) is 2. The number of aromatic nitrogens is 1. The first-order valence-electron chi connectivity index (χ1n) is 13.7. The Kier molecular flexibility index (Phi) is 9.92. The summed E-state index contributed by atoms with van der Waals surface area (Å²) in [5, 5.41) is 6.12. The minimum atomic E-state index is -4.43. The minimum Gasteiger partial charge on any atom is -0.344 e. The average molecular weight is 620 g/mol. The van der Waals surface area contributed by atoms with Crippen molar-refractivity contribution in [2.75, 3.05) is 0 Å². The lowest BCUT2D eigenvalue weighted by Gasteiger charge is -2.22. The van der Waals surface area contributed by atoms with Crippen LogP contribution in [0.15, 0.2) is 115 Å². The van der Waals surface area contributed by atoms with E-state index in [2.05, 4.69) is 10.3 Å². The monoisotopic (exact) mass is 619 g/mol. The van der Waals surface area contributed by atoms with Gasteiger partial charge in [0.25, 0.3) is 5.91 Å². The van der Waals surface area contributed by atoms with Crippen LogP contribution in [0.3, 0.4) is 0 Å². The quantitative estimate of drug-likeness (QED) is 0.161. The van der Waals surface area contributed by atoms with Gasteiger partial charge in [0.1, 0.15) is 10.7 Å². The standard InChI is InChI=1S/C34H29ClF3N3OS/c35-29-16-8-12-26(18-29)21-41(20-25-11-7-15-28(17-25)34(36,37)38)22-32-39-31(23-43-32)33(42)40-30(27-13-5-2-6-14-27)19-24-9-3-1-4-10-24/h1-18,23,30H,19-22H2,(H,40,42). The summed E-state index contributed by atoms with van der Waals surface area (Å²) in [6.45, 7) is 1.03. The van der Waals surface area contributed by atoms with Crippen molar-refractivity contribution in [3.8, 4) is 0 Å². The second kappa shape index (κ2) is 14.0. The highest BCUT2D eigenvalue weighted by atomic mass is 35.5. The Bertz CT molecular complexity index is 1640. The Labute approximate surface area is 257 Å². The first-order chi connectivity index (χ1) is 20.7. The maximum absolute atomic E-state index is 13.4. The van der Waals surface area contributed by atoms with E-state index in [-0.39, 0.29) is 18.5 Å². The van der Waals surface area contributed by atoms with E-state index in [0.29, 0.717) is 40.8 Å². The van der Waals surface area contributed by atoms with Crippen molar-refractivity contribution in [3.05, 3.63) is 158 Å². The SMILES string of the molecule is O=C(NC(Cc1ccccc1)c1ccccc1)c1csc(CN(Cc2cccc(Cl)c2)Cc2cccc(C(F)(F)F)c2)n1. The molecule has 43 heavy (non-hydrogen) atoms. The van der Waals surface area contributed by atoms with Crippen molar-refractivity contribution in [1.82, 2.24) is 15.2 Å². The number of carbonyl (C=O) groups excluding carboxylic acids is 1. The number of nitrogens with one attached hydrogen (secondary N) is 1. The Morgan fingerprint density at radius 1 is 0.814 bits per heavy atom. The lowest BCUT2D eigenvalue weighted by Crippen LogP contribution is -2.30. The number of amides is 1. The summed E-state index contributed by atoms with van der Waals surface area (Å²) in [7, 11) is 0. The number of hydrogen-bond acceptors (Lipinski definition) is 4. The first kappa shape index (κ1) is 30.5. The normalized spacial score (nSPS) is 12.3. The smallest absolute Gasteiger partial charge is 0.344 e. The van der Waals surface area contributed by atoms with Crippen molar-refractivity contribution >= 4 is 28.8 Å². The van der Waals surface area contributed by atoms with Gasteiger partial charge >= 0.3 is 6.18 Å². The Hall–Kier alpha value is -3.98. The largest absolute Gasteiger partial charge is 0.416 e. The highest BCUT2D eigenvalue weighted by Crippen LogP contribution is 2.30. The van der Waals surface area contributed by atoms with Gasteiger partial charge in [-0.25, -0.2) is 4.98 Å². The number of rotatable bonds is 11. The van der Waals surface area contributed by atoms with Gasteiger partial charge in [-0.15, -0.1) is 11.3 Å². The molecule has 9 heteroatoms. The molecule has 0 saturated carbocycles. The third-order valence-electron chi connectivity index (χ3n) is 6.89. The van der Waals surface area contributed by atoms with Gasteiger partial charge in [0, 0.05) is 23.5 Å². The van der Waals surface area contributed by atoms with Crippen molar-refractivity contribution in [3.63, 3.8) is 0 Å². The molecule has 5 aromatic rings. The van der Waals surface area contributed by atoms with E-state index in [1.807, 2.05) is 83.8 Å². The number of benzene rings is 4. The predicted octanol–water partition coefficient (Wildman–Crippen LogP) is 8.73. The lowest BCUT2D eigenvalue weighted by molar-refractivity contribution is -0.137. The van der Waals surface area contributed by atoms with Gasteiger partial charge in [0.2, 0.25) is 0 Å². The predicted molar refractivity (Wildman–Crippen MR) is 165 cm³/mol. The molecular formula is C34H29ClF3N3OS. The third-order valence-corrected chi connectivity index (χ3v) is 7.96. The summed E-state index contributed by atoms with van der Waals surface area (Å²) in [6.07, 6.45) is -3.80. The van der Waals surface area contributed by atoms with Gasteiger partial charge < -0.3 is 5.32 Å². The van der Waals surface area contributed by atoms with E-state index in [1.165, 1.54) is 23.5 Å². The topological polar surface area (TPSA) is 45.2 Å². The van der Waals surface area contributed by atoms with E-state index < -0.39 is 11.7 Å². The molecule has 5 rings (SSSR count). The number of thiazole rings is 1. The van der Waals surface area contributed by atoms with E-state index in [1.54, 1.807) is 17.5 Å². The fourth-order valence-corrected chi connectivity index (χ4v) is 5.89. The second-order valence-corrected chi connectivity index (χ2v) is 11.6. The van der Waals surface area contributed by atoms with Gasteiger partial charge in [0.05, 0.1) is 18.2 Å². The van der Waals surface area contributed by atoms with Gasteiger partial charge in [-0.2, -0.15) is 13.2 Å². The summed E-state index contributed by atoms with van der Waals surface area (Å²) < 4.78 is 40.1. The van der Waals surface area contributed by atoms with Gasteiger partial charge in [0.15, 0.2) is 0 Å². The summed E-state index contributed by atoms with van der Waals surface area (Å²) >= 11 is 7.54. The molecule has 0 fully saturated rings. The summed E-state index contributed by atoms with van der Waals surface area (Å²) in [4.78, 5) is 20.0. The highest BCUT2D eigenvalue weighted by molar-refractivity contribution is 7.09. The maximum atomic E-state index is 13.4. The van der Waals surface area contributed by atoms with Crippen molar-refractivity contribution in [2.45, 2.75) is 38.3 Å². The van der Waals surface area contributed by atoms with Crippen molar-refractivity contribution < 1.29 is 18.0 Å². The van der Waals surface area contributed by atoms with Crippen LogP contribution < -0.4 is 5.32 Å². The van der Waals surface area contributed by atoms with E-state index in [4.69, 9.17) is 11.6 Å². The van der Waals surface area contributed by atoms with Crippen LogP contribution in [-0.4, -0.2) is 15.8 Å². The fraction of sp³-hybridized carbons (Fsp3) is 0.176. The molecule has 220 valence electrons. The number of halogens is 4. The molecule has 1 atom stereocenters. The molecule has 1 heterocycles. The summed E-state index contributed by atoms with van der Waals surface area (Å²) in [6, 6.07) is 32.2. The molecule has 4 nitrogen and oxygen atoms in total. The van der Waals surface area contributed by atoms with Crippen LogP contribution in [-0.2, 0) is 32.2 Å². The molecule has 0 saturated heterocycles. The second-order valence-electron chi connectivity index (χ2n) is 10.2. The van der Waals surface area contributed by atoms with Crippen LogP contribution in [0, 0.1) is 0 Å². The molecule has 0 aliphatic heterocycles. The van der Waals surface area contributed by atoms with Crippen LogP contribution in [0.1, 0.15) is 49.4 Å². The number of alkyl halides is 3. The van der Waals surface area contributed by atoms with Crippen molar-refractivity contribution in [2.24, 2.45) is 0 Å². The average Bonchev–Trinajstić information content (AvgIpc) is 3.46. The molecule has 0 aliphatic rings. The molecule has 0 aliphatic carbocycles. The van der Waals surface area contributed by atoms with Gasteiger partial charge in [-0.05, 0) is 46.9 Å². The first-order valence-corrected chi connectivity index (χ1v) is 15.0. The molecule has 0 radical (unpaired) electrons. The van der Waals surface area contributed by atoms with Crippen LogP contribution >= 0.6 is 22.9 Å². The third kappa shape index (κ3) is 8.76. The van der Waals surface area contributed by atoms with Crippen molar-refractivity contribution in [1.29, 1.82) is 0 Å². The Morgan fingerprint density at radius 2 is 1.44 bits per heavy atom. The summed E-state index contributed by atoms with van der Waals surface area (Å²) in [5.41, 5.74) is 3.14. The molecule has 0 spiro atoms. The molecule has 1 unspecified atom stereocenters. The zero-order valence-electron chi connectivity index (χ0n) is 23.1. The molecule has 4 aromatic carbocycles. The van der Waals surface area contributed by atoms with Crippen LogP contribution in [0.2, 0.25) is 5.02 Å². The van der Waals surface area contributed by atoms with E-state index >= 15 is 0 Å². The minimum absolute atomic E-state index is 0.249. The van der Waals surface area contributed by atoms with Gasteiger partial charge in [-0.1, -0.05) is 103 Å². The molecule has 1 amide bonds. The van der Waals surface area contributed by atoms with Crippen LogP contribution in [0.5, 0.6) is 0 Å². The molecule has 0 bridgehead atoms. The fourth-order valence-electron chi connectivity index (χ4n) is 4.86. The zero-order valence-corrected chi connectivity index (χ0v) is 24.7. The maximum Gasteiger partial charge on any atom is 0.416 e. The lowest BCUT2D eigenvalue weighted by atomic mass is 9.99. The zero-order chi connectivity index (χ0) is 30.2. The molecule has 1 aromatic heterocycles. The summed E-state index contributed by atoms with van der Waals surface area (Å²) in [5.74, 6) is -0.286. The highest BCUT2D eigenvalue weighted by Gasteiger charge is 2.30. The number of hydrogen-bond donors (Lipinski definition) is 1. The Morgan fingerprint density at radius 3 is 2.12 bits per heavy atom. The molecular weight excluding hydrogens is 591 g/mol. The van der Waals surface area contributed by atoms with Gasteiger partial charge in [-0.3, -0.25) is 9.69 Å². The molecule has 1 N–H and O–H groups in total. The van der Waals surface area contributed by atoms with E-state index in [0.717, 1.165) is 22.8 Å². The number of carbonyl (C=O) groups is 1. The van der Waals surface area contributed by atoms with E-state index in [9.17, 15) is 18.0 Å². The van der Waals surface area contributed by atoms with Crippen LogP contribution in [0.4, 0.5) is 13.2 Å². The van der Waals surface area contributed by atoms with Crippen LogP contribution in [0.25, 0.3) is 0 Å². The Balaban J connectivity index is 1.33.